The van der Waals surface area contributed by atoms with Crippen LogP contribution < -0.4 is 10.2 Å². The van der Waals surface area contributed by atoms with E-state index in [1.807, 2.05) is 13.0 Å². The van der Waals surface area contributed by atoms with Gasteiger partial charge in [0.25, 0.3) is 5.91 Å². The monoisotopic (exact) mass is 349 g/mol. The van der Waals surface area contributed by atoms with Crippen LogP contribution in [0.1, 0.15) is 25.0 Å². The lowest BCUT2D eigenvalue weighted by Crippen LogP contribution is -2.51. The first-order valence-corrected chi connectivity index (χ1v) is 8.47. The summed E-state index contributed by atoms with van der Waals surface area (Å²) >= 11 is 0. The van der Waals surface area contributed by atoms with Crippen molar-refractivity contribution in [1.29, 1.82) is 0 Å². The standard InChI is InChI=1S/C16H23N5O4/c1-10-8-13(19(2)18-10)21-7-5-12(14(21)22)17-16(25)20-6-3-4-11(9-20)15(23)24/h8,11-12H,3-7,9H2,1-2H3,(H,17,25)(H,23,24). The fourth-order valence-corrected chi connectivity index (χ4v) is 3.49. The number of anilines is 1. The largest absolute Gasteiger partial charge is 0.481 e. The zero-order valence-electron chi connectivity index (χ0n) is 14.4. The highest BCUT2D eigenvalue weighted by atomic mass is 16.4. The molecule has 1 aromatic rings. The summed E-state index contributed by atoms with van der Waals surface area (Å²) in [4.78, 5) is 39.3. The Balaban J connectivity index is 1.62. The predicted octanol–water partition coefficient (Wildman–Crippen LogP) is 0.340. The average Bonchev–Trinajstić information content (AvgIpc) is 3.09. The Kier molecular flexibility index (Phi) is 4.65. The second-order valence-electron chi connectivity index (χ2n) is 6.67. The van der Waals surface area contributed by atoms with E-state index in [0.29, 0.717) is 38.2 Å². The van der Waals surface area contributed by atoms with Crippen LogP contribution in [0.5, 0.6) is 0 Å². The lowest BCUT2D eigenvalue weighted by molar-refractivity contribution is -0.143. The van der Waals surface area contributed by atoms with Gasteiger partial charge in [-0.1, -0.05) is 0 Å². The molecule has 2 aliphatic heterocycles. The molecule has 2 fully saturated rings. The van der Waals surface area contributed by atoms with Gasteiger partial charge >= 0.3 is 12.0 Å². The fraction of sp³-hybridized carbons (Fsp3) is 0.625. The molecule has 0 aliphatic carbocycles. The van der Waals surface area contributed by atoms with E-state index in [1.165, 1.54) is 4.90 Å². The molecule has 3 heterocycles. The Bertz CT molecular complexity index is 701. The molecule has 3 rings (SSSR count). The minimum absolute atomic E-state index is 0.164. The van der Waals surface area contributed by atoms with E-state index in [-0.39, 0.29) is 18.5 Å². The SMILES string of the molecule is Cc1cc(N2CCC(NC(=O)N3CCCC(C(=O)O)C3)C2=O)n(C)n1. The molecule has 9 nitrogen and oxygen atoms in total. The first-order valence-electron chi connectivity index (χ1n) is 8.47. The van der Waals surface area contributed by atoms with Crippen LogP contribution in [0.4, 0.5) is 10.6 Å². The molecule has 3 amide bonds. The molecule has 2 saturated heterocycles. The molecule has 2 unspecified atom stereocenters. The number of carbonyl (C=O) groups is 3. The van der Waals surface area contributed by atoms with Gasteiger partial charge < -0.3 is 15.3 Å². The third-order valence-electron chi connectivity index (χ3n) is 4.81. The zero-order valence-corrected chi connectivity index (χ0v) is 14.4. The Morgan fingerprint density at radius 1 is 1.32 bits per heavy atom. The summed E-state index contributed by atoms with van der Waals surface area (Å²) in [5.74, 6) is -0.869. The number of hydrogen-bond acceptors (Lipinski definition) is 4. The summed E-state index contributed by atoms with van der Waals surface area (Å²) < 4.78 is 1.65. The second-order valence-corrected chi connectivity index (χ2v) is 6.67. The highest BCUT2D eigenvalue weighted by Crippen LogP contribution is 2.22. The van der Waals surface area contributed by atoms with Gasteiger partial charge in [0.1, 0.15) is 11.9 Å². The molecule has 2 atom stereocenters. The number of carbonyl (C=O) groups excluding carboxylic acids is 2. The van der Waals surface area contributed by atoms with Gasteiger partial charge in [0.05, 0.1) is 11.6 Å². The van der Waals surface area contributed by atoms with E-state index >= 15 is 0 Å². The van der Waals surface area contributed by atoms with Crippen LogP contribution in [0.3, 0.4) is 0 Å². The number of aromatic nitrogens is 2. The number of aryl methyl sites for hydroxylation is 2. The topological polar surface area (TPSA) is 108 Å². The number of hydrogen-bond donors (Lipinski definition) is 2. The maximum absolute atomic E-state index is 12.6. The highest BCUT2D eigenvalue weighted by Gasteiger charge is 2.37. The van der Waals surface area contributed by atoms with Crippen molar-refractivity contribution in [2.75, 3.05) is 24.5 Å². The van der Waals surface area contributed by atoms with Crippen LogP contribution in [-0.4, -0.2) is 63.4 Å². The van der Waals surface area contributed by atoms with E-state index in [9.17, 15) is 14.4 Å². The Hall–Kier alpha value is -2.58. The second kappa shape index (κ2) is 6.73. The average molecular weight is 349 g/mol. The molecule has 2 N–H and O–H groups in total. The smallest absolute Gasteiger partial charge is 0.318 e. The first kappa shape index (κ1) is 17.2. The van der Waals surface area contributed by atoms with Crippen molar-refractivity contribution in [3.63, 3.8) is 0 Å². The van der Waals surface area contributed by atoms with Crippen molar-refractivity contribution in [2.24, 2.45) is 13.0 Å². The van der Waals surface area contributed by atoms with Gasteiger partial charge in [-0.2, -0.15) is 5.10 Å². The van der Waals surface area contributed by atoms with Gasteiger partial charge in [0, 0.05) is 32.7 Å². The third-order valence-corrected chi connectivity index (χ3v) is 4.81. The molecule has 0 spiro atoms. The molecule has 0 bridgehead atoms. The van der Waals surface area contributed by atoms with Crippen molar-refractivity contribution in [2.45, 2.75) is 32.2 Å². The lowest BCUT2D eigenvalue weighted by Gasteiger charge is -2.31. The number of aliphatic carboxylic acids is 1. The number of carboxylic acids is 1. The van der Waals surface area contributed by atoms with Gasteiger partial charge in [-0.3, -0.25) is 19.2 Å². The third kappa shape index (κ3) is 3.45. The van der Waals surface area contributed by atoms with Crippen LogP contribution in [0.2, 0.25) is 0 Å². The van der Waals surface area contributed by atoms with E-state index in [4.69, 9.17) is 5.11 Å². The van der Waals surface area contributed by atoms with Crippen molar-refractivity contribution >= 4 is 23.7 Å². The number of likely N-dealkylation sites (tertiary alicyclic amines) is 1. The molecule has 0 radical (unpaired) electrons. The maximum atomic E-state index is 12.6. The number of piperidine rings is 1. The number of carboxylic acid groups (broad SMARTS) is 1. The molecule has 1 aromatic heterocycles. The van der Waals surface area contributed by atoms with E-state index in [1.54, 1.807) is 16.6 Å². The summed E-state index contributed by atoms with van der Waals surface area (Å²) in [6.07, 6.45) is 1.75. The van der Waals surface area contributed by atoms with Gasteiger partial charge in [-0.15, -0.1) is 0 Å². The quantitative estimate of drug-likeness (QED) is 0.818. The molecule has 9 heteroatoms. The Morgan fingerprint density at radius 2 is 2.08 bits per heavy atom. The van der Waals surface area contributed by atoms with Gasteiger partial charge in [-0.05, 0) is 26.2 Å². The van der Waals surface area contributed by atoms with Crippen molar-refractivity contribution in [3.8, 4) is 0 Å². The summed E-state index contributed by atoms with van der Waals surface area (Å²) in [5, 5.41) is 16.1. The van der Waals surface area contributed by atoms with Crippen LogP contribution in [0.15, 0.2) is 6.07 Å². The van der Waals surface area contributed by atoms with E-state index < -0.39 is 17.9 Å². The summed E-state index contributed by atoms with van der Waals surface area (Å²) in [6, 6.07) is 0.879. The molecular formula is C16H23N5O4. The van der Waals surface area contributed by atoms with Crippen molar-refractivity contribution < 1.29 is 19.5 Å². The molecule has 25 heavy (non-hydrogen) atoms. The van der Waals surface area contributed by atoms with E-state index in [0.717, 1.165) is 5.69 Å². The molecule has 0 saturated carbocycles. The molecule has 0 aromatic carbocycles. The number of nitrogens with one attached hydrogen (secondary N) is 1. The number of urea groups is 1. The zero-order chi connectivity index (χ0) is 18.1. The van der Waals surface area contributed by atoms with Crippen LogP contribution in [0.25, 0.3) is 0 Å². The Labute approximate surface area is 145 Å². The maximum Gasteiger partial charge on any atom is 0.318 e. The minimum atomic E-state index is -0.882. The van der Waals surface area contributed by atoms with Gasteiger partial charge in [0.15, 0.2) is 0 Å². The van der Waals surface area contributed by atoms with Gasteiger partial charge in [-0.25, -0.2) is 4.79 Å². The number of nitrogens with zero attached hydrogens (tertiary/aromatic N) is 4. The van der Waals surface area contributed by atoms with Crippen LogP contribution in [-0.2, 0) is 16.6 Å². The summed E-state index contributed by atoms with van der Waals surface area (Å²) in [6.45, 7) is 3.08. The van der Waals surface area contributed by atoms with Crippen LogP contribution >= 0.6 is 0 Å². The van der Waals surface area contributed by atoms with E-state index in [2.05, 4.69) is 10.4 Å². The molecule has 136 valence electrons. The van der Waals surface area contributed by atoms with Crippen LogP contribution in [0, 0.1) is 12.8 Å². The highest BCUT2D eigenvalue weighted by molar-refractivity contribution is 6.00. The minimum Gasteiger partial charge on any atom is -0.481 e. The van der Waals surface area contributed by atoms with Crippen molar-refractivity contribution in [1.82, 2.24) is 20.0 Å². The first-order chi connectivity index (χ1) is 11.9. The lowest BCUT2D eigenvalue weighted by atomic mass is 9.99. The summed E-state index contributed by atoms with van der Waals surface area (Å²) in [7, 11) is 1.78. The number of rotatable bonds is 3. The molecule has 2 aliphatic rings. The van der Waals surface area contributed by atoms with Crippen molar-refractivity contribution in [3.05, 3.63) is 11.8 Å². The Morgan fingerprint density at radius 3 is 2.72 bits per heavy atom. The number of amides is 3. The molecular weight excluding hydrogens is 326 g/mol. The normalized spacial score (nSPS) is 23.8. The fourth-order valence-electron chi connectivity index (χ4n) is 3.49. The van der Waals surface area contributed by atoms with Gasteiger partial charge in [0.2, 0.25) is 0 Å². The predicted molar refractivity (Wildman–Crippen MR) is 89.2 cm³/mol. The summed E-state index contributed by atoms with van der Waals surface area (Å²) in [5.41, 5.74) is 0.825.